The number of halogens is 2. The van der Waals surface area contributed by atoms with Crippen LogP contribution >= 0.6 is 0 Å². The fourth-order valence-electron chi connectivity index (χ4n) is 3.05. The molecule has 2 fully saturated rings. The molecule has 1 N–H and O–H groups in total. The maximum Gasteiger partial charge on any atom is 0.256 e. The van der Waals surface area contributed by atoms with E-state index in [0.717, 1.165) is 31.5 Å². The van der Waals surface area contributed by atoms with Crippen molar-refractivity contribution in [2.24, 2.45) is 5.92 Å². The monoisotopic (exact) mass is 266 g/mol. The van der Waals surface area contributed by atoms with Gasteiger partial charge < -0.3 is 10.2 Å². The van der Waals surface area contributed by atoms with E-state index in [1.54, 1.807) is 4.90 Å². The first kappa shape index (κ1) is 12.5. The molecule has 2 atom stereocenters. The molecule has 2 aliphatic rings. The molecule has 3 rings (SSSR count). The van der Waals surface area contributed by atoms with E-state index < -0.39 is 11.6 Å². The summed E-state index contributed by atoms with van der Waals surface area (Å²) < 4.78 is 26.5. The fourth-order valence-corrected chi connectivity index (χ4v) is 3.05. The molecule has 0 aromatic heterocycles. The Morgan fingerprint density at radius 3 is 2.89 bits per heavy atom. The Bertz CT molecular complexity index is 492. The maximum atomic E-state index is 13.6. The smallest absolute Gasteiger partial charge is 0.256 e. The third kappa shape index (κ3) is 2.34. The van der Waals surface area contributed by atoms with E-state index in [1.807, 2.05) is 0 Å². The lowest BCUT2D eigenvalue weighted by Gasteiger charge is -2.24. The van der Waals surface area contributed by atoms with E-state index in [-0.39, 0.29) is 11.5 Å². The zero-order valence-electron chi connectivity index (χ0n) is 10.5. The number of nitrogens with zero attached hydrogens (tertiary/aromatic N) is 1. The highest BCUT2D eigenvalue weighted by Crippen LogP contribution is 2.26. The summed E-state index contributed by atoms with van der Waals surface area (Å²) in [6, 6.07) is 3.43. The van der Waals surface area contributed by atoms with E-state index >= 15 is 0 Å². The molecule has 2 aliphatic heterocycles. The summed E-state index contributed by atoms with van der Waals surface area (Å²) in [5.74, 6) is -1.33. The highest BCUT2D eigenvalue weighted by atomic mass is 19.1. The average molecular weight is 266 g/mol. The summed E-state index contributed by atoms with van der Waals surface area (Å²) in [5.41, 5.74) is -0.0416. The minimum absolute atomic E-state index is 0.0416. The SMILES string of the molecule is O=C(c1ccc(F)cc1F)N1CC2CCCNC2C1. The summed E-state index contributed by atoms with van der Waals surface area (Å²) in [5, 5.41) is 3.39. The second-order valence-electron chi connectivity index (χ2n) is 5.30. The topological polar surface area (TPSA) is 32.3 Å². The van der Waals surface area contributed by atoms with E-state index in [4.69, 9.17) is 0 Å². The Hall–Kier alpha value is -1.49. The van der Waals surface area contributed by atoms with Gasteiger partial charge in [0, 0.05) is 25.2 Å². The number of benzene rings is 1. The first-order valence-electron chi connectivity index (χ1n) is 6.63. The molecular weight excluding hydrogens is 250 g/mol. The molecular formula is C14H16F2N2O. The second-order valence-corrected chi connectivity index (χ2v) is 5.30. The lowest BCUT2D eigenvalue weighted by atomic mass is 9.94. The second kappa shape index (κ2) is 4.89. The molecule has 0 radical (unpaired) electrons. The van der Waals surface area contributed by atoms with Crippen molar-refractivity contribution in [1.82, 2.24) is 10.2 Å². The molecule has 1 aromatic carbocycles. The average Bonchev–Trinajstić information content (AvgIpc) is 2.81. The number of carbonyl (C=O) groups is 1. The lowest BCUT2D eigenvalue weighted by Crippen LogP contribution is -2.41. The number of fused-ring (bicyclic) bond motifs is 1. The predicted molar refractivity (Wildman–Crippen MR) is 66.8 cm³/mol. The third-order valence-electron chi connectivity index (χ3n) is 4.05. The predicted octanol–water partition coefficient (Wildman–Crippen LogP) is 1.79. The van der Waals surface area contributed by atoms with E-state index in [1.165, 1.54) is 6.07 Å². The van der Waals surface area contributed by atoms with Crippen LogP contribution in [0.25, 0.3) is 0 Å². The highest BCUT2D eigenvalue weighted by molar-refractivity contribution is 5.94. The van der Waals surface area contributed by atoms with Gasteiger partial charge in [-0.3, -0.25) is 4.79 Å². The fraction of sp³-hybridized carbons (Fsp3) is 0.500. The van der Waals surface area contributed by atoms with Crippen LogP contribution in [0.2, 0.25) is 0 Å². The summed E-state index contributed by atoms with van der Waals surface area (Å²) in [7, 11) is 0. The Labute approximate surface area is 110 Å². The van der Waals surface area contributed by atoms with Gasteiger partial charge in [0.1, 0.15) is 11.6 Å². The van der Waals surface area contributed by atoms with E-state index in [0.29, 0.717) is 25.0 Å². The largest absolute Gasteiger partial charge is 0.337 e. The molecule has 0 spiro atoms. The number of rotatable bonds is 1. The van der Waals surface area contributed by atoms with Gasteiger partial charge >= 0.3 is 0 Å². The van der Waals surface area contributed by atoms with Crippen molar-refractivity contribution >= 4 is 5.91 Å². The molecule has 102 valence electrons. The van der Waals surface area contributed by atoms with Gasteiger partial charge in [0.15, 0.2) is 0 Å². The number of piperidine rings is 1. The molecule has 0 saturated carbocycles. The Balaban J connectivity index is 1.77. The highest BCUT2D eigenvalue weighted by Gasteiger charge is 2.37. The number of nitrogens with one attached hydrogen (secondary N) is 1. The van der Waals surface area contributed by atoms with Crippen molar-refractivity contribution in [3.05, 3.63) is 35.4 Å². The van der Waals surface area contributed by atoms with Gasteiger partial charge in [-0.25, -0.2) is 8.78 Å². The van der Waals surface area contributed by atoms with Crippen molar-refractivity contribution in [3.8, 4) is 0 Å². The van der Waals surface area contributed by atoms with Crippen molar-refractivity contribution in [2.75, 3.05) is 19.6 Å². The summed E-state index contributed by atoms with van der Waals surface area (Å²) in [4.78, 5) is 13.9. The van der Waals surface area contributed by atoms with Gasteiger partial charge in [0.05, 0.1) is 5.56 Å². The van der Waals surface area contributed by atoms with Crippen LogP contribution in [-0.2, 0) is 0 Å². The van der Waals surface area contributed by atoms with Crippen LogP contribution in [0, 0.1) is 17.6 Å². The quantitative estimate of drug-likeness (QED) is 0.840. The van der Waals surface area contributed by atoms with Crippen molar-refractivity contribution in [2.45, 2.75) is 18.9 Å². The number of hydrogen-bond acceptors (Lipinski definition) is 2. The zero-order chi connectivity index (χ0) is 13.4. The molecule has 2 unspecified atom stereocenters. The maximum absolute atomic E-state index is 13.6. The van der Waals surface area contributed by atoms with Crippen LogP contribution < -0.4 is 5.32 Å². The van der Waals surface area contributed by atoms with Gasteiger partial charge in [-0.05, 0) is 37.4 Å². The van der Waals surface area contributed by atoms with Crippen LogP contribution in [0.5, 0.6) is 0 Å². The Morgan fingerprint density at radius 2 is 2.16 bits per heavy atom. The summed E-state index contributed by atoms with van der Waals surface area (Å²) >= 11 is 0. The molecule has 5 heteroatoms. The molecule has 3 nitrogen and oxygen atoms in total. The van der Waals surface area contributed by atoms with Gasteiger partial charge in [-0.15, -0.1) is 0 Å². The van der Waals surface area contributed by atoms with Gasteiger partial charge in [-0.1, -0.05) is 0 Å². The number of likely N-dealkylation sites (tertiary alicyclic amines) is 1. The van der Waals surface area contributed by atoms with Crippen molar-refractivity contribution in [1.29, 1.82) is 0 Å². The van der Waals surface area contributed by atoms with E-state index in [2.05, 4.69) is 5.32 Å². The van der Waals surface area contributed by atoms with Crippen LogP contribution in [0.3, 0.4) is 0 Å². The van der Waals surface area contributed by atoms with Gasteiger partial charge in [0.25, 0.3) is 5.91 Å². The van der Waals surface area contributed by atoms with Crippen LogP contribution in [-0.4, -0.2) is 36.5 Å². The molecule has 19 heavy (non-hydrogen) atoms. The van der Waals surface area contributed by atoms with Gasteiger partial charge in [-0.2, -0.15) is 0 Å². The molecule has 2 heterocycles. The summed E-state index contributed by atoms with van der Waals surface area (Å²) in [6.45, 7) is 2.25. The molecule has 2 saturated heterocycles. The Kier molecular flexibility index (Phi) is 3.22. The van der Waals surface area contributed by atoms with Gasteiger partial charge in [0.2, 0.25) is 0 Å². The number of carbonyl (C=O) groups excluding carboxylic acids is 1. The van der Waals surface area contributed by atoms with Crippen LogP contribution in [0.4, 0.5) is 8.78 Å². The molecule has 1 aromatic rings. The normalized spacial score (nSPS) is 26.3. The van der Waals surface area contributed by atoms with Crippen molar-refractivity contribution in [3.63, 3.8) is 0 Å². The lowest BCUT2D eigenvalue weighted by molar-refractivity contribution is 0.0781. The number of amides is 1. The van der Waals surface area contributed by atoms with E-state index in [9.17, 15) is 13.6 Å². The molecule has 1 amide bonds. The minimum Gasteiger partial charge on any atom is -0.337 e. The number of hydrogen-bond donors (Lipinski definition) is 1. The zero-order valence-corrected chi connectivity index (χ0v) is 10.5. The van der Waals surface area contributed by atoms with Crippen LogP contribution in [0.15, 0.2) is 18.2 Å². The standard InChI is InChI=1S/C14H16F2N2O/c15-10-3-4-11(12(16)6-10)14(19)18-7-9-2-1-5-17-13(9)8-18/h3-4,6,9,13,17H,1-2,5,7-8H2. The molecule has 0 aliphatic carbocycles. The minimum atomic E-state index is -0.784. The first-order valence-corrected chi connectivity index (χ1v) is 6.63. The van der Waals surface area contributed by atoms with Crippen molar-refractivity contribution < 1.29 is 13.6 Å². The first-order chi connectivity index (χ1) is 9.15. The Morgan fingerprint density at radius 1 is 1.32 bits per heavy atom. The van der Waals surface area contributed by atoms with Crippen LogP contribution in [0.1, 0.15) is 23.2 Å². The summed E-state index contributed by atoms with van der Waals surface area (Å²) in [6.07, 6.45) is 2.22. The molecule has 0 bridgehead atoms. The third-order valence-corrected chi connectivity index (χ3v) is 4.05.